The number of ether oxygens (including phenoxy) is 2. The van der Waals surface area contributed by atoms with Crippen LogP contribution >= 0.6 is 11.3 Å². The van der Waals surface area contributed by atoms with E-state index in [4.69, 9.17) is 9.47 Å². The Morgan fingerprint density at radius 1 is 1.11 bits per heavy atom. The summed E-state index contributed by atoms with van der Waals surface area (Å²) >= 11 is 1.45. The topological polar surface area (TPSA) is 90.2 Å². The smallest absolute Gasteiger partial charge is 0.279 e. The van der Waals surface area contributed by atoms with E-state index in [9.17, 15) is 13.2 Å². The number of amides is 1. The van der Waals surface area contributed by atoms with E-state index < -0.39 is 15.9 Å². The van der Waals surface area contributed by atoms with Crippen molar-refractivity contribution in [3.63, 3.8) is 0 Å². The van der Waals surface area contributed by atoms with Crippen LogP contribution in [0.1, 0.15) is 35.3 Å². The highest BCUT2D eigenvalue weighted by atomic mass is 32.2. The molecule has 0 N–H and O–H groups in total. The number of hydrogen-bond acceptors (Lipinski definition) is 6. The van der Waals surface area contributed by atoms with Gasteiger partial charge >= 0.3 is 0 Å². The molecule has 2 heterocycles. The highest BCUT2D eigenvalue weighted by Gasteiger charge is 2.32. The maximum Gasteiger partial charge on any atom is 0.279 e. The molecule has 1 aliphatic rings. The van der Waals surface area contributed by atoms with Gasteiger partial charge in [0.05, 0.1) is 33.9 Å². The van der Waals surface area contributed by atoms with Crippen LogP contribution in [0.3, 0.4) is 0 Å². The maximum absolute atomic E-state index is 13.1. The molecule has 1 saturated heterocycles. The van der Waals surface area contributed by atoms with Crippen LogP contribution in [0.5, 0.6) is 0 Å². The lowest BCUT2D eigenvalue weighted by Gasteiger charge is -2.34. The second-order valence-electron chi connectivity index (χ2n) is 8.95. The van der Waals surface area contributed by atoms with Crippen molar-refractivity contribution in [2.45, 2.75) is 51.3 Å². The van der Waals surface area contributed by atoms with Gasteiger partial charge in [0.1, 0.15) is 0 Å². The van der Waals surface area contributed by atoms with Crippen LogP contribution in [-0.2, 0) is 26.0 Å². The average molecular weight is 518 g/mol. The van der Waals surface area contributed by atoms with E-state index in [1.807, 2.05) is 18.4 Å². The predicted octanol–water partition coefficient (Wildman–Crippen LogP) is 3.51. The van der Waals surface area contributed by atoms with Crippen molar-refractivity contribution in [3.8, 4) is 0 Å². The summed E-state index contributed by atoms with van der Waals surface area (Å²) in [5.74, 6) is -0.422. The van der Waals surface area contributed by atoms with Crippen molar-refractivity contribution >= 4 is 37.5 Å². The molecule has 188 valence electrons. The van der Waals surface area contributed by atoms with Gasteiger partial charge in [-0.1, -0.05) is 11.3 Å². The third kappa shape index (κ3) is 5.41. The zero-order chi connectivity index (χ0) is 25.3. The number of benzene rings is 2. The van der Waals surface area contributed by atoms with Crippen LogP contribution in [-0.4, -0.2) is 62.2 Å². The first-order chi connectivity index (χ1) is 16.6. The highest BCUT2D eigenvalue weighted by Crippen LogP contribution is 2.23. The Balaban J connectivity index is 1.65. The van der Waals surface area contributed by atoms with Gasteiger partial charge in [-0.25, -0.2) is 8.42 Å². The van der Waals surface area contributed by atoms with Gasteiger partial charge in [0.2, 0.25) is 10.0 Å². The molecule has 1 aliphatic heterocycles. The van der Waals surface area contributed by atoms with Gasteiger partial charge < -0.3 is 14.0 Å². The number of fused-ring (bicyclic) bond motifs is 1. The van der Waals surface area contributed by atoms with Gasteiger partial charge in [-0.15, -0.1) is 0 Å². The number of sulfonamides is 1. The fourth-order valence-corrected chi connectivity index (χ4v) is 6.93. The molecule has 10 heteroatoms. The number of carbonyl (C=O) groups excluding carboxylic acids is 1. The quantitative estimate of drug-likeness (QED) is 0.499. The van der Waals surface area contributed by atoms with Crippen LogP contribution in [0.25, 0.3) is 10.2 Å². The number of methoxy groups -OCH3 is 1. The van der Waals surface area contributed by atoms with Crippen molar-refractivity contribution in [1.82, 2.24) is 8.87 Å². The molecule has 0 spiro atoms. The van der Waals surface area contributed by atoms with Gasteiger partial charge in [-0.05, 0) is 75.2 Å². The number of nitrogens with zero attached hydrogens (tertiary/aromatic N) is 3. The molecular weight excluding hydrogens is 486 g/mol. The molecule has 1 aromatic heterocycles. The summed E-state index contributed by atoms with van der Waals surface area (Å²) in [7, 11) is -2.04. The maximum atomic E-state index is 13.1. The largest absolute Gasteiger partial charge is 0.383 e. The van der Waals surface area contributed by atoms with Gasteiger partial charge in [0.25, 0.3) is 5.91 Å². The number of thiazole rings is 1. The molecule has 3 aromatic rings. The highest BCUT2D eigenvalue weighted by molar-refractivity contribution is 7.89. The van der Waals surface area contributed by atoms with Crippen LogP contribution in [0.15, 0.2) is 46.3 Å². The monoisotopic (exact) mass is 517 g/mol. The van der Waals surface area contributed by atoms with E-state index in [-0.39, 0.29) is 17.1 Å². The summed E-state index contributed by atoms with van der Waals surface area (Å²) in [6, 6.07) is 10.2. The first kappa shape index (κ1) is 25.7. The van der Waals surface area contributed by atoms with Gasteiger partial charge in [-0.3, -0.25) is 4.79 Å². The summed E-state index contributed by atoms with van der Waals surface area (Å²) in [6.45, 7) is 9.49. The van der Waals surface area contributed by atoms with E-state index in [0.29, 0.717) is 36.6 Å². The molecule has 0 aliphatic carbocycles. The third-order valence-electron chi connectivity index (χ3n) is 6.14. The molecule has 2 aromatic carbocycles. The van der Waals surface area contributed by atoms with Crippen molar-refractivity contribution in [2.24, 2.45) is 4.99 Å². The molecule has 1 amide bonds. The number of morpholine rings is 1. The molecule has 35 heavy (non-hydrogen) atoms. The fourth-order valence-electron chi connectivity index (χ4n) is 4.20. The van der Waals surface area contributed by atoms with Crippen molar-refractivity contribution in [1.29, 1.82) is 0 Å². The Hall–Kier alpha value is -2.37. The molecule has 2 unspecified atom stereocenters. The molecular formula is C25H31N3O5S2. The predicted molar refractivity (Wildman–Crippen MR) is 136 cm³/mol. The van der Waals surface area contributed by atoms with Gasteiger partial charge in [0.15, 0.2) is 4.80 Å². The van der Waals surface area contributed by atoms with Crippen molar-refractivity contribution in [3.05, 3.63) is 57.9 Å². The summed E-state index contributed by atoms with van der Waals surface area (Å²) in [5, 5.41) is 0. The minimum absolute atomic E-state index is 0.151. The lowest BCUT2D eigenvalue weighted by atomic mass is 10.1. The first-order valence-electron chi connectivity index (χ1n) is 11.5. The minimum Gasteiger partial charge on any atom is -0.383 e. The summed E-state index contributed by atoms with van der Waals surface area (Å²) in [6.07, 6.45) is -0.348. The zero-order valence-electron chi connectivity index (χ0n) is 20.6. The minimum atomic E-state index is -3.68. The second-order valence-corrected chi connectivity index (χ2v) is 11.9. The number of hydrogen-bond donors (Lipinski definition) is 0. The molecule has 0 radical (unpaired) electrons. The Labute approximate surface area is 209 Å². The number of carbonyl (C=O) groups is 1. The zero-order valence-corrected chi connectivity index (χ0v) is 22.3. The molecule has 0 saturated carbocycles. The van der Waals surface area contributed by atoms with E-state index >= 15 is 0 Å². The van der Waals surface area contributed by atoms with Gasteiger partial charge in [-0.2, -0.15) is 9.30 Å². The fraction of sp³-hybridized carbons (Fsp3) is 0.440. The lowest BCUT2D eigenvalue weighted by Crippen LogP contribution is -2.48. The Morgan fingerprint density at radius 2 is 1.74 bits per heavy atom. The Bertz CT molecular complexity index is 1400. The Morgan fingerprint density at radius 3 is 2.37 bits per heavy atom. The molecule has 8 nitrogen and oxygen atoms in total. The van der Waals surface area contributed by atoms with Crippen LogP contribution in [0.4, 0.5) is 0 Å². The third-order valence-corrected chi connectivity index (χ3v) is 9.03. The lowest BCUT2D eigenvalue weighted by molar-refractivity contribution is -0.0440. The van der Waals surface area contributed by atoms with Gasteiger partial charge in [0, 0.05) is 32.3 Å². The average Bonchev–Trinajstić information content (AvgIpc) is 3.12. The number of aromatic nitrogens is 1. The standard InChI is InChI=1S/C25H31N3O5S2/c1-16-12-22-23(13-17(16)2)34-25(28(22)10-11-32-5)26-24(29)20-6-8-21(9-7-20)35(30,31)27-14-18(3)33-19(4)15-27/h6-9,12-13,18-19H,10-11,14-15H2,1-5H3. The molecule has 1 fully saturated rings. The van der Waals surface area contributed by atoms with E-state index in [0.717, 1.165) is 10.2 Å². The van der Waals surface area contributed by atoms with E-state index in [1.54, 1.807) is 7.11 Å². The first-order valence-corrected chi connectivity index (χ1v) is 13.8. The van der Waals surface area contributed by atoms with Crippen LogP contribution < -0.4 is 4.80 Å². The number of aryl methyl sites for hydroxylation is 2. The molecule has 0 bridgehead atoms. The normalized spacial score (nSPS) is 20.0. The molecule has 4 rings (SSSR count). The number of rotatable bonds is 6. The Kier molecular flexibility index (Phi) is 7.58. The summed E-state index contributed by atoms with van der Waals surface area (Å²) < 4.78 is 41.6. The van der Waals surface area contributed by atoms with Crippen molar-refractivity contribution in [2.75, 3.05) is 26.8 Å². The second kappa shape index (κ2) is 10.3. The van der Waals surface area contributed by atoms with E-state index in [1.165, 1.54) is 51.0 Å². The van der Waals surface area contributed by atoms with Crippen molar-refractivity contribution < 1.29 is 22.7 Å². The summed E-state index contributed by atoms with van der Waals surface area (Å²) in [5.41, 5.74) is 3.68. The van der Waals surface area contributed by atoms with Crippen LogP contribution in [0.2, 0.25) is 0 Å². The van der Waals surface area contributed by atoms with Crippen LogP contribution in [0, 0.1) is 13.8 Å². The SMILES string of the molecule is COCCn1c(=NC(=O)c2ccc(S(=O)(=O)N3CC(C)OC(C)C3)cc2)sc2cc(C)c(C)cc21. The van der Waals surface area contributed by atoms with E-state index in [2.05, 4.69) is 31.0 Å². The summed E-state index contributed by atoms with van der Waals surface area (Å²) in [4.78, 5) is 18.1. The molecule has 2 atom stereocenters.